The van der Waals surface area contributed by atoms with Gasteiger partial charge < -0.3 is 10.6 Å². The van der Waals surface area contributed by atoms with Gasteiger partial charge in [0.1, 0.15) is 0 Å². The first-order valence-corrected chi connectivity index (χ1v) is 6.22. The molecule has 0 aromatic heterocycles. The van der Waals surface area contributed by atoms with Gasteiger partial charge in [0.05, 0.1) is 4.99 Å². The zero-order chi connectivity index (χ0) is 12.1. The third kappa shape index (κ3) is 5.47. The molecule has 0 amide bonds. The van der Waals surface area contributed by atoms with Gasteiger partial charge in [-0.1, -0.05) is 39.4 Å². The van der Waals surface area contributed by atoms with Crippen LogP contribution in [-0.4, -0.2) is 29.5 Å². The van der Waals surface area contributed by atoms with Crippen molar-refractivity contribution in [3.63, 3.8) is 0 Å². The molecule has 0 rings (SSSR count). The first kappa shape index (κ1) is 14.8. The van der Waals surface area contributed by atoms with Gasteiger partial charge in [-0.15, -0.1) is 0 Å². The fourth-order valence-corrected chi connectivity index (χ4v) is 1.54. The fourth-order valence-electron chi connectivity index (χ4n) is 1.44. The second-order valence-electron chi connectivity index (χ2n) is 5.12. The third-order valence-corrected chi connectivity index (χ3v) is 3.77. The Morgan fingerprint density at radius 1 is 1.47 bits per heavy atom. The monoisotopic (exact) mass is 230 g/mol. The zero-order valence-electron chi connectivity index (χ0n) is 10.8. The van der Waals surface area contributed by atoms with Crippen molar-refractivity contribution < 1.29 is 0 Å². The highest BCUT2D eigenvalue weighted by Gasteiger charge is 2.22. The van der Waals surface area contributed by atoms with Crippen molar-refractivity contribution in [2.75, 3.05) is 13.6 Å². The predicted molar refractivity (Wildman–Crippen MR) is 72.2 cm³/mol. The molecule has 0 aliphatic heterocycles. The number of thiocarbonyl (C=S) groups is 1. The summed E-state index contributed by atoms with van der Waals surface area (Å²) in [5, 5.41) is 0. The second-order valence-corrected chi connectivity index (χ2v) is 5.56. The maximum Gasteiger partial charge on any atom is 0.0784 e. The van der Waals surface area contributed by atoms with E-state index in [9.17, 15) is 0 Å². The molecule has 0 bridgehead atoms. The van der Waals surface area contributed by atoms with Crippen LogP contribution in [0.25, 0.3) is 0 Å². The van der Waals surface area contributed by atoms with Crippen LogP contribution in [0.3, 0.4) is 0 Å². The van der Waals surface area contributed by atoms with Gasteiger partial charge in [0.2, 0.25) is 0 Å². The molecule has 0 saturated heterocycles. The molecule has 1 unspecified atom stereocenters. The van der Waals surface area contributed by atoms with Gasteiger partial charge in [-0.05, 0) is 33.4 Å². The van der Waals surface area contributed by atoms with E-state index in [1.54, 1.807) is 0 Å². The van der Waals surface area contributed by atoms with E-state index >= 15 is 0 Å². The zero-order valence-corrected chi connectivity index (χ0v) is 11.7. The lowest BCUT2D eigenvalue weighted by molar-refractivity contribution is 0.222. The quantitative estimate of drug-likeness (QED) is 0.682. The minimum Gasteiger partial charge on any atom is -0.393 e. The van der Waals surface area contributed by atoms with E-state index in [2.05, 4.69) is 39.6 Å². The van der Waals surface area contributed by atoms with Crippen molar-refractivity contribution in [2.45, 2.75) is 53.0 Å². The summed E-state index contributed by atoms with van der Waals surface area (Å²) < 4.78 is 0. The smallest absolute Gasteiger partial charge is 0.0784 e. The Bertz CT molecular complexity index is 202. The van der Waals surface area contributed by atoms with Gasteiger partial charge in [0.25, 0.3) is 0 Å². The molecule has 0 aliphatic carbocycles. The summed E-state index contributed by atoms with van der Waals surface area (Å²) in [5.41, 5.74) is 5.69. The normalized spacial score (nSPS) is 14.3. The van der Waals surface area contributed by atoms with E-state index in [1.807, 2.05) is 0 Å². The molecule has 0 aliphatic rings. The summed E-state index contributed by atoms with van der Waals surface area (Å²) in [7, 11) is 2.18. The minimum atomic E-state index is -0.0183. The lowest BCUT2D eigenvalue weighted by Gasteiger charge is -2.29. The highest BCUT2D eigenvalue weighted by atomic mass is 32.1. The van der Waals surface area contributed by atoms with Crippen LogP contribution in [0.5, 0.6) is 0 Å². The van der Waals surface area contributed by atoms with Crippen molar-refractivity contribution in [3.05, 3.63) is 0 Å². The number of hydrogen-bond donors (Lipinski definition) is 1. The maximum absolute atomic E-state index is 5.70. The Kier molecular flexibility index (Phi) is 6.37. The van der Waals surface area contributed by atoms with Gasteiger partial charge in [-0.25, -0.2) is 0 Å². The molecule has 0 spiro atoms. The summed E-state index contributed by atoms with van der Waals surface area (Å²) in [6.07, 6.45) is 3.53. The maximum atomic E-state index is 5.70. The SMILES string of the molecule is CCCC(C)N(C)CCC(C)(C)C(N)=S. The van der Waals surface area contributed by atoms with E-state index in [0.717, 1.165) is 13.0 Å². The molecule has 2 nitrogen and oxygen atoms in total. The van der Waals surface area contributed by atoms with Crippen molar-refractivity contribution in [1.82, 2.24) is 4.90 Å². The van der Waals surface area contributed by atoms with Crippen LogP contribution in [0.2, 0.25) is 0 Å². The Morgan fingerprint density at radius 3 is 2.40 bits per heavy atom. The molecular weight excluding hydrogens is 204 g/mol. The lowest BCUT2D eigenvalue weighted by Crippen LogP contribution is -2.36. The molecule has 0 aromatic carbocycles. The first-order chi connectivity index (χ1) is 6.81. The van der Waals surface area contributed by atoms with Crippen molar-refractivity contribution in [1.29, 1.82) is 0 Å². The molecule has 2 N–H and O–H groups in total. The molecule has 90 valence electrons. The summed E-state index contributed by atoms with van der Waals surface area (Å²) >= 11 is 5.06. The van der Waals surface area contributed by atoms with E-state index < -0.39 is 0 Å². The largest absolute Gasteiger partial charge is 0.393 e. The van der Waals surface area contributed by atoms with Gasteiger partial charge in [0, 0.05) is 11.5 Å². The first-order valence-electron chi connectivity index (χ1n) is 5.81. The standard InChI is InChI=1S/C12H26N2S/c1-6-7-10(2)14(5)9-8-12(3,4)11(13)15/h10H,6-9H2,1-5H3,(H2,13,15). The van der Waals surface area contributed by atoms with Crippen molar-refractivity contribution in [3.8, 4) is 0 Å². The Hall–Kier alpha value is -0.150. The summed E-state index contributed by atoms with van der Waals surface area (Å²) in [4.78, 5) is 3.02. The van der Waals surface area contributed by atoms with E-state index in [-0.39, 0.29) is 5.41 Å². The van der Waals surface area contributed by atoms with Crippen LogP contribution in [0.1, 0.15) is 47.0 Å². The van der Waals surface area contributed by atoms with Gasteiger partial charge in [0.15, 0.2) is 0 Å². The number of hydrogen-bond acceptors (Lipinski definition) is 2. The number of nitrogens with zero attached hydrogens (tertiary/aromatic N) is 1. The molecule has 0 radical (unpaired) electrons. The van der Waals surface area contributed by atoms with Crippen LogP contribution >= 0.6 is 12.2 Å². The average molecular weight is 230 g/mol. The number of nitrogens with two attached hydrogens (primary N) is 1. The predicted octanol–water partition coefficient (Wildman–Crippen LogP) is 2.81. The molecule has 3 heteroatoms. The number of rotatable bonds is 7. The highest BCUT2D eigenvalue weighted by Crippen LogP contribution is 2.21. The van der Waals surface area contributed by atoms with Gasteiger partial charge in [-0.2, -0.15) is 0 Å². The summed E-state index contributed by atoms with van der Waals surface area (Å²) in [6.45, 7) is 9.80. The minimum absolute atomic E-state index is 0.0183. The molecule has 0 fully saturated rings. The van der Waals surface area contributed by atoms with Crippen LogP contribution in [0.15, 0.2) is 0 Å². The molecule has 15 heavy (non-hydrogen) atoms. The van der Waals surface area contributed by atoms with Crippen molar-refractivity contribution in [2.24, 2.45) is 11.1 Å². The molecule has 0 aromatic rings. The average Bonchev–Trinajstić information content (AvgIpc) is 2.14. The second kappa shape index (κ2) is 6.44. The van der Waals surface area contributed by atoms with E-state index in [0.29, 0.717) is 11.0 Å². The molecule has 1 atom stereocenters. The van der Waals surface area contributed by atoms with Crippen LogP contribution in [0.4, 0.5) is 0 Å². The van der Waals surface area contributed by atoms with Crippen LogP contribution in [0, 0.1) is 5.41 Å². The molecular formula is C12H26N2S. The highest BCUT2D eigenvalue weighted by molar-refractivity contribution is 7.80. The van der Waals surface area contributed by atoms with Crippen molar-refractivity contribution >= 4 is 17.2 Å². The van der Waals surface area contributed by atoms with Crippen LogP contribution in [-0.2, 0) is 0 Å². The van der Waals surface area contributed by atoms with E-state index in [4.69, 9.17) is 18.0 Å². The van der Waals surface area contributed by atoms with Gasteiger partial charge in [-0.3, -0.25) is 0 Å². The Morgan fingerprint density at radius 2 is 2.00 bits per heavy atom. The molecule has 0 heterocycles. The summed E-state index contributed by atoms with van der Waals surface area (Å²) in [5.74, 6) is 0. The molecule has 0 saturated carbocycles. The topological polar surface area (TPSA) is 29.3 Å². The summed E-state index contributed by atoms with van der Waals surface area (Å²) in [6, 6.07) is 0.650. The van der Waals surface area contributed by atoms with E-state index in [1.165, 1.54) is 12.8 Å². The Labute approximate surface area is 100 Å². The third-order valence-electron chi connectivity index (χ3n) is 3.22. The Balaban J connectivity index is 3.99. The fraction of sp³-hybridized carbons (Fsp3) is 0.917. The van der Waals surface area contributed by atoms with Gasteiger partial charge >= 0.3 is 0 Å². The lowest BCUT2D eigenvalue weighted by atomic mass is 9.89. The van der Waals surface area contributed by atoms with Crippen LogP contribution < -0.4 is 5.73 Å².